The van der Waals surface area contributed by atoms with Gasteiger partial charge < -0.3 is 23.8 Å². The molecule has 5 rings (SSSR count). The molecule has 8 heteroatoms. The van der Waals surface area contributed by atoms with Gasteiger partial charge >= 0.3 is 0 Å². The molecule has 0 spiro atoms. The van der Waals surface area contributed by atoms with Crippen LogP contribution in [0.1, 0.15) is 39.3 Å². The SMILES string of the molecule is COc1ccc([C@@H]2c3nc[nH]c3CCN2C(=O)c2ccc(CN3CCOCC3)o2)cc1. The second-order valence-electron chi connectivity index (χ2n) is 7.85. The Bertz CT molecular complexity index is 1040. The molecule has 3 aromatic rings. The number of ether oxygens (including phenoxy) is 2. The summed E-state index contributed by atoms with van der Waals surface area (Å²) in [6.45, 7) is 4.48. The molecule has 1 fully saturated rings. The van der Waals surface area contributed by atoms with E-state index in [-0.39, 0.29) is 11.9 Å². The van der Waals surface area contributed by atoms with Crippen LogP contribution in [0.4, 0.5) is 0 Å². The predicted molar refractivity (Wildman–Crippen MR) is 113 cm³/mol. The van der Waals surface area contributed by atoms with E-state index in [1.165, 1.54) is 0 Å². The highest BCUT2D eigenvalue weighted by Crippen LogP contribution is 2.35. The number of furan rings is 1. The second kappa shape index (κ2) is 8.56. The monoisotopic (exact) mass is 422 g/mol. The third kappa shape index (κ3) is 3.96. The minimum absolute atomic E-state index is 0.123. The zero-order chi connectivity index (χ0) is 21.2. The highest BCUT2D eigenvalue weighted by atomic mass is 16.5. The van der Waals surface area contributed by atoms with Gasteiger partial charge in [0.25, 0.3) is 5.91 Å². The van der Waals surface area contributed by atoms with Crippen molar-refractivity contribution >= 4 is 5.91 Å². The lowest BCUT2D eigenvalue weighted by Gasteiger charge is -2.34. The molecule has 0 bridgehead atoms. The van der Waals surface area contributed by atoms with E-state index in [9.17, 15) is 4.79 Å². The molecule has 1 saturated heterocycles. The molecule has 1 aromatic carbocycles. The molecule has 4 heterocycles. The van der Waals surface area contributed by atoms with Gasteiger partial charge in [-0.3, -0.25) is 9.69 Å². The zero-order valence-corrected chi connectivity index (χ0v) is 17.5. The van der Waals surface area contributed by atoms with Gasteiger partial charge in [0.2, 0.25) is 0 Å². The van der Waals surface area contributed by atoms with E-state index >= 15 is 0 Å². The number of amides is 1. The van der Waals surface area contributed by atoms with Crippen LogP contribution in [0.2, 0.25) is 0 Å². The highest BCUT2D eigenvalue weighted by molar-refractivity contribution is 5.92. The summed E-state index contributed by atoms with van der Waals surface area (Å²) in [4.78, 5) is 25.4. The van der Waals surface area contributed by atoms with Crippen LogP contribution < -0.4 is 4.74 Å². The van der Waals surface area contributed by atoms with Crippen molar-refractivity contribution < 1.29 is 18.7 Å². The van der Waals surface area contributed by atoms with E-state index in [0.29, 0.717) is 18.8 Å². The molecule has 1 N–H and O–H groups in total. The van der Waals surface area contributed by atoms with Gasteiger partial charge in [-0.2, -0.15) is 0 Å². The fourth-order valence-corrected chi connectivity index (χ4v) is 4.32. The van der Waals surface area contributed by atoms with Crippen LogP contribution in [0, 0.1) is 0 Å². The van der Waals surface area contributed by atoms with E-state index < -0.39 is 0 Å². The van der Waals surface area contributed by atoms with Crippen molar-refractivity contribution in [2.45, 2.75) is 19.0 Å². The second-order valence-corrected chi connectivity index (χ2v) is 7.85. The topological polar surface area (TPSA) is 83.8 Å². The number of H-pyrrole nitrogens is 1. The first-order valence-corrected chi connectivity index (χ1v) is 10.6. The molecule has 162 valence electrons. The third-order valence-electron chi connectivity index (χ3n) is 5.97. The highest BCUT2D eigenvalue weighted by Gasteiger charge is 2.35. The first kappa shape index (κ1) is 19.8. The van der Waals surface area contributed by atoms with Crippen LogP contribution in [0.25, 0.3) is 0 Å². The molecule has 31 heavy (non-hydrogen) atoms. The number of hydrogen-bond acceptors (Lipinski definition) is 6. The average Bonchev–Trinajstić information content (AvgIpc) is 3.48. The molecule has 8 nitrogen and oxygen atoms in total. The maximum atomic E-state index is 13.5. The van der Waals surface area contributed by atoms with Crippen molar-refractivity contribution in [2.75, 3.05) is 40.0 Å². The summed E-state index contributed by atoms with van der Waals surface area (Å²) in [6.07, 6.45) is 2.43. The summed E-state index contributed by atoms with van der Waals surface area (Å²) in [6, 6.07) is 11.2. The molecule has 2 aliphatic rings. The Morgan fingerprint density at radius 3 is 2.74 bits per heavy atom. The number of carbonyl (C=O) groups excluding carboxylic acids is 1. The Hall–Kier alpha value is -3.10. The van der Waals surface area contributed by atoms with Crippen LogP contribution >= 0.6 is 0 Å². The number of carbonyl (C=O) groups is 1. The Balaban J connectivity index is 1.40. The number of benzene rings is 1. The van der Waals surface area contributed by atoms with Crippen molar-refractivity contribution in [3.05, 3.63) is 71.2 Å². The largest absolute Gasteiger partial charge is 0.497 e. The lowest BCUT2D eigenvalue weighted by Crippen LogP contribution is -2.40. The molecule has 1 amide bonds. The molecule has 0 unspecified atom stereocenters. The molecule has 2 aromatic heterocycles. The van der Waals surface area contributed by atoms with Crippen molar-refractivity contribution in [3.8, 4) is 5.75 Å². The first-order chi connectivity index (χ1) is 15.2. The standard InChI is InChI=1S/C23H26N4O4/c1-29-17-4-2-16(3-5-17)22-21-19(24-15-25-21)8-9-27(22)23(28)20-7-6-18(31-20)14-26-10-12-30-13-11-26/h2-7,15,22H,8-14H2,1H3,(H,24,25)/t22-/m1/s1. The van der Waals surface area contributed by atoms with Crippen molar-refractivity contribution in [2.24, 2.45) is 0 Å². The zero-order valence-electron chi connectivity index (χ0n) is 17.5. The van der Waals surface area contributed by atoms with Crippen molar-refractivity contribution in [3.63, 3.8) is 0 Å². The number of nitrogens with one attached hydrogen (secondary N) is 1. The molecule has 0 aliphatic carbocycles. The maximum absolute atomic E-state index is 13.5. The number of aromatic nitrogens is 2. The smallest absolute Gasteiger partial charge is 0.290 e. The average molecular weight is 422 g/mol. The van der Waals surface area contributed by atoms with Crippen LogP contribution in [-0.2, 0) is 17.7 Å². The fourth-order valence-electron chi connectivity index (χ4n) is 4.32. The van der Waals surface area contributed by atoms with Gasteiger partial charge in [0.15, 0.2) is 5.76 Å². The molecular formula is C23H26N4O4. The predicted octanol–water partition coefficient (Wildman–Crippen LogP) is 2.63. The van der Waals surface area contributed by atoms with E-state index in [0.717, 1.165) is 61.2 Å². The number of morpholine rings is 1. The fraction of sp³-hybridized carbons (Fsp3) is 0.391. The van der Waals surface area contributed by atoms with E-state index in [4.69, 9.17) is 13.9 Å². The minimum Gasteiger partial charge on any atom is -0.497 e. The van der Waals surface area contributed by atoms with Gasteiger partial charge in [-0.05, 0) is 29.8 Å². The Morgan fingerprint density at radius 1 is 1.16 bits per heavy atom. The van der Waals surface area contributed by atoms with Crippen LogP contribution in [0.3, 0.4) is 0 Å². The lowest BCUT2D eigenvalue weighted by atomic mass is 9.95. The Kier molecular flexibility index (Phi) is 5.48. The van der Waals surface area contributed by atoms with Crippen LogP contribution in [0.5, 0.6) is 5.75 Å². The summed E-state index contributed by atoms with van der Waals surface area (Å²) in [5, 5.41) is 0. The maximum Gasteiger partial charge on any atom is 0.290 e. The number of imidazole rings is 1. The first-order valence-electron chi connectivity index (χ1n) is 10.6. The van der Waals surface area contributed by atoms with E-state index in [1.807, 2.05) is 35.2 Å². The molecule has 0 radical (unpaired) electrons. The van der Waals surface area contributed by atoms with Gasteiger partial charge in [-0.15, -0.1) is 0 Å². The van der Waals surface area contributed by atoms with Gasteiger partial charge in [0.05, 0.1) is 38.9 Å². The number of hydrogen-bond donors (Lipinski definition) is 1. The summed E-state index contributed by atoms with van der Waals surface area (Å²) in [7, 11) is 1.64. The molecule has 2 aliphatic heterocycles. The third-order valence-corrected chi connectivity index (χ3v) is 5.97. The summed E-state index contributed by atoms with van der Waals surface area (Å²) >= 11 is 0. The van der Waals surface area contributed by atoms with Crippen molar-refractivity contribution in [1.82, 2.24) is 19.8 Å². The number of nitrogens with zero attached hydrogens (tertiary/aromatic N) is 3. The van der Waals surface area contributed by atoms with Crippen molar-refractivity contribution in [1.29, 1.82) is 0 Å². The van der Waals surface area contributed by atoms with E-state index in [1.54, 1.807) is 19.5 Å². The van der Waals surface area contributed by atoms with Gasteiger partial charge in [0, 0.05) is 31.7 Å². The lowest BCUT2D eigenvalue weighted by molar-refractivity contribution is 0.0309. The summed E-state index contributed by atoms with van der Waals surface area (Å²) in [5.41, 5.74) is 2.93. The molecular weight excluding hydrogens is 396 g/mol. The van der Waals surface area contributed by atoms with Gasteiger partial charge in [-0.1, -0.05) is 12.1 Å². The van der Waals surface area contributed by atoms with Gasteiger partial charge in [-0.25, -0.2) is 4.98 Å². The van der Waals surface area contributed by atoms with Crippen LogP contribution in [-0.4, -0.2) is 65.6 Å². The Labute approximate surface area is 180 Å². The quantitative estimate of drug-likeness (QED) is 0.681. The molecule has 1 atom stereocenters. The molecule has 0 saturated carbocycles. The number of rotatable bonds is 5. The minimum atomic E-state index is -0.277. The normalized spacial score (nSPS) is 19.3. The van der Waals surface area contributed by atoms with Crippen LogP contribution in [0.15, 0.2) is 47.1 Å². The number of aromatic amines is 1. The van der Waals surface area contributed by atoms with E-state index in [2.05, 4.69) is 14.9 Å². The van der Waals surface area contributed by atoms with Gasteiger partial charge in [0.1, 0.15) is 17.6 Å². The summed E-state index contributed by atoms with van der Waals surface area (Å²) in [5.74, 6) is 1.81. The number of methoxy groups -OCH3 is 1. The summed E-state index contributed by atoms with van der Waals surface area (Å²) < 4.78 is 16.7. The number of fused-ring (bicyclic) bond motifs is 1. The Morgan fingerprint density at radius 2 is 1.97 bits per heavy atom.